The SMILES string of the molecule is O=C(c1ccc(F)cc1)N1CCCC[C@H](Sc2nc3ccccc3c(=O)n2Cc2ccco2)C1=O. The van der Waals surface area contributed by atoms with Gasteiger partial charge in [-0.1, -0.05) is 30.3 Å². The Kier molecular flexibility index (Phi) is 6.50. The molecule has 3 heterocycles. The highest BCUT2D eigenvalue weighted by Gasteiger charge is 2.33. The van der Waals surface area contributed by atoms with Gasteiger partial charge in [0, 0.05) is 12.1 Å². The number of aromatic nitrogens is 2. The number of fused-ring (bicyclic) bond motifs is 1. The lowest BCUT2D eigenvalue weighted by molar-refractivity contribution is -0.127. The maximum absolute atomic E-state index is 13.5. The van der Waals surface area contributed by atoms with Crippen molar-refractivity contribution in [2.75, 3.05) is 6.54 Å². The third-order valence-corrected chi connectivity index (χ3v) is 7.19. The van der Waals surface area contributed by atoms with Gasteiger partial charge in [0.15, 0.2) is 5.16 Å². The zero-order valence-electron chi connectivity index (χ0n) is 18.7. The van der Waals surface area contributed by atoms with Crippen LogP contribution in [0.25, 0.3) is 10.9 Å². The van der Waals surface area contributed by atoms with Crippen molar-refractivity contribution in [3.8, 4) is 0 Å². The van der Waals surface area contributed by atoms with E-state index < -0.39 is 17.0 Å². The monoisotopic (exact) mass is 491 g/mol. The van der Waals surface area contributed by atoms with Crippen LogP contribution in [0.4, 0.5) is 4.39 Å². The number of para-hydroxylation sites is 1. The predicted octanol–water partition coefficient (Wildman–Crippen LogP) is 4.49. The van der Waals surface area contributed by atoms with E-state index in [2.05, 4.69) is 0 Å². The molecule has 0 N–H and O–H groups in total. The van der Waals surface area contributed by atoms with Crippen molar-refractivity contribution in [1.29, 1.82) is 0 Å². The minimum Gasteiger partial charge on any atom is -0.467 e. The molecule has 0 aliphatic carbocycles. The van der Waals surface area contributed by atoms with Gasteiger partial charge in [-0.3, -0.25) is 23.9 Å². The molecule has 0 spiro atoms. The normalized spacial score (nSPS) is 16.4. The molecule has 1 aliphatic rings. The quantitative estimate of drug-likeness (QED) is 0.302. The van der Waals surface area contributed by atoms with Crippen LogP contribution < -0.4 is 5.56 Å². The minimum absolute atomic E-state index is 0.172. The average Bonchev–Trinajstić information content (AvgIpc) is 3.32. The van der Waals surface area contributed by atoms with Gasteiger partial charge in [0.25, 0.3) is 11.5 Å². The molecule has 7 nitrogen and oxygen atoms in total. The summed E-state index contributed by atoms with van der Waals surface area (Å²) < 4.78 is 20.3. The van der Waals surface area contributed by atoms with Crippen molar-refractivity contribution in [2.24, 2.45) is 0 Å². The van der Waals surface area contributed by atoms with E-state index in [1.165, 1.54) is 51.8 Å². The Bertz CT molecular complexity index is 1430. The van der Waals surface area contributed by atoms with E-state index in [0.29, 0.717) is 34.7 Å². The van der Waals surface area contributed by atoms with Gasteiger partial charge in [-0.05, 0) is 61.4 Å². The summed E-state index contributed by atoms with van der Waals surface area (Å²) in [7, 11) is 0. The second kappa shape index (κ2) is 9.87. The minimum atomic E-state index is -0.599. The number of amides is 2. The van der Waals surface area contributed by atoms with E-state index in [0.717, 1.165) is 6.42 Å². The number of carbonyl (C=O) groups is 2. The van der Waals surface area contributed by atoms with Gasteiger partial charge >= 0.3 is 0 Å². The van der Waals surface area contributed by atoms with Crippen LogP contribution >= 0.6 is 11.8 Å². The predicted molar refractivity (Wildman–Crippen MR) is 130 cm³/mol. The molecule has 0 radical (unpaired) electrons. The molecule has 5 rings (SSSR count). The van der Waals surface area contributed by atoms with Crippen LogP contribution in [0.3, 0.4) is 0 Å². The Morgan fingerprint density at radius 2 is 1.86 bits per heavy atom. The van der Waals surface area contributed by atoms with Crippen LogP contribution in [0.2, 0.25) is 0 Å². The van der Waals surface area contributed by atoms with Crippen LogP contribution in [0.15, 0.2) is 81.3 Å². The van der Waals surface area contributed by atoms with E-state index in [4.69, 9.17) is 9.40 Å². The first-order valence-electron chi connectivity index (χ1n) is 11.3. The molecule has 0 saturated carbocycles. The molecule has 0 unspecified atom stereocenters. The molecule has 178 valence electrons. The molecule has 2 aromatic carbocycles. The number of rotatable bonds is 5. The van der Waals surface area contributed by atoms with Gasteiger partial charge in [0.1, 0.15) is 11.6 Å². The smallest absolute Gasteiger partial charge is 0.262 e. The largest absolute Gasteiger partial charge is 0.467 e. The number of benzene rings is 2. The lowest BCUT2D eigenvalue weighted by Crippen LogP contribution is -2.41. The van der Waals surface area contributed by atoms with Gasteiger partial charge in [-0.2, -0.15) is 0 Å². The first kappa shape index (κ1) is 23.0. The molecule has 1 atom stereocenters. The lowest BCUT2D eigenvalue weighted by Gasteiger charge is -2.23. The van der Waals surface area contributed by atoms with Crippen LogP contribution in [-0.4, -0.2) is 38.1 Å². The Labute approximate surface area is 204 Å². The number of nitrogens with zero attached hydrogens (tertiary/aromatic N) is 3. The van der Waals surface area contributed by atoms with E-state index in [1.807, 2.05) is 0 Å². The third kappa shape index (κ3) is 4.77. The van der Waals surface area contributed by atoms with Gasteiger partial charge < -0.3 is 4.42 Å². The Morgan fingerprint density at radius 3 is 2.63 bits per heavy atom. The van der Waals surface area contributed by atoms with Gasteiger partial charge in [-0.25, -0.2) is 9.37 Å². The standard InChI is InChI=1S/C26H22FN3O4S/c27-18-12-10-17(11-13-18)23(31)29-14-4-3-9-22(25(29)33)35-26-28-21-8-2-1-7-20(21)24(32)30(26)16-19-6-5-15-34-19/h1-2,5-8,10-13,15,22H,3-4,9,14,16H2/t22-/m0/s1. The van der Waals surface area contributed by atoms with E-state index >= 15 is 0 Å². The molecular weight excluding hydrogens is 469 g/mol. The molecule has 4 aromatic rings. The topological polar surface area (TPSA) is 85.4 Å². The highest BCUT2D eigenvalue weighted by molar-refractivity contribution is 8.00. The summed E-state index contributed by atoms with van der Waals surface area (Å²) >= 11 is 1.19. The second-order valence-electron chi connectivity index (χ2n) is 8.29. The molecule has 9 heteroatoms. The number of imide groups is 1. The maximum atomic E-state index is 13.5. The van der Waals surface area contributed by atoms with Crippen molar-refractivity contribution >= 4 is 34.5 Å². The fourth-order valence-corrected chi connectivity index (χ4v) is 5.32. The fourth-order valence-electron chi connectivity index (χ4n) is 4.13. The van der Waals surface area contributed by atoms with Crippen LogP contribution in [0.5, 0.6) is 0 Å². The zero-order valence-corrected chi connectivity index (χ0v) is 19.5. The summed E-state index contributed by atoms with van der Waals surface area (Å²) in [6.07, 6.45) is 3.49. The number of furan rings is 1. The Hall–Kier alpha value is -3.72. The maximum Gasteiger partial charge on any atom is 0.262 e. The lowest BCUT2D eigenvalue weighted by atomic mass is 10.2. The number of likely N-dealkylation sites (tertiary alicyclic amines) is 1. The molecule has 1 saturated heterocycles. The zero-order chi connectivity index (χ0) is 24.4. The van der Waals surface area contributed by atoms with Crippen molar-refractivity contribution in [2.45, 2.75) is 36.2 Å². The van der Waals surface area contributed by atoms with Crippen molar-refractivity contribution < 1.29 is 18.4 Å². The van der Waals surface area contributed by atoms with Crippen molar-refractivity contribution in [3.05, 3.63) is 94.4 Å². The van der Waals surface area contributed by atoms with E-state index in [-0.39, 0.29) is 30.1 Å². The van der Waals surface area contributed by atoms with Crippen molar-refractivity contribution in [1.82, 2.24) is 14.5 Å². The van der Waals surface area contributed by atoms with E-state index in [1.54, 1.807) is 36.4 Å². The number of hydrogen-bond donors (Lipinski definition) is 0. The summed E-state index contributed by atoms with van der Waals surface area (Å²) in [5.74, 6) is -0.656. The highest BCUT2D eigenvalue weighted by Crippen LogP contribution is 2.30. The van der Waals surface area contributed by atoms with Gasteiger partial charge in [0.2, 0.25) is 5.91 Å². The first-order chi connectivity index (χ1) is 17.0. The van der Waals surface area contributed by atoms with E-state index in [9.17, 15) is 18.8 Å². The fraction of sp³-hybridized carbons (Fsp3) is 0.231. The van der Waals surface area contributed by atoms with Crippen LogP contribution in [-0.2, 0) is 11.3 Å². The summed E-state index contributed by atoms with van der Waals surface area (Å²) in [5.41, 5.74) is 0.565. The summed E-state index contributed by atoms with van der Waals surface area (Å²) in [6.45, 7) is 0.460. The van der Waals surface area contributed by atoms with Crippen LogP contribution in [0, 0.1) is 5.82 Å². The summed E-state index contributed by atoms with van der Waals surface area (Å²) in [6, 6.07) is 15.7. The Balaban J connectivity index is 1.49. The number of carbonyl (C=O) groups excluding carboxylic acids is 2. The molecule has 1 fully saturated rings. The molecule has 1 aliphatic heterocycles. The number of thioether (sulfide) groups is 1. The van der Waals surface area contributed by atoms with Gasteiger partial charge in [0.05, 0.1) is 29.0 Å². The average molecular weight is 492 g/mol. The molecule has 2 aromatic heterocycles. The highest BCUT2D eigenvalue weighted by atomic mass is 32.2. The number of halogens is 1. The van der Waals surface area contributed by atoms with Gasteiger partial charge in [-0.15, -0.1) is 0 Å². The molecule has 2 amide bonds. The third-order valence-electron chi connectivity index (χ3n) is 5.94. The first-order valence-corrected chi connectivity index (χ1v) is 12.2. The molecular formula is C26H22FN3O4S. The number of hydrogen-bond acceptors (Lipinski definition) is 6. The molecule has 0 bridgehead atoms. The van der Waals surface area contributed by atoms with Crippen LogP contribution in [0.1, 0.15) is 35.4 Å². The summed E-state index contributed by atoms with van der Waals surface area (Å²) in [4.78, 5) is 45.8. The Morgan fingerprint density at radius 1 is 1.06 bits per heavy atom. The molecule has 35 heavy (non-hydrogen) atoms. The second-order valence-corrected chi connectivity index (χ2v) is 9.46. The van der Waals surface area contributed by atoms with Crippen molar-refractivity contribution in [3.63, 3.8) is 0 Å². The summed E-state index contributed by atoms with van der Waals surface area (Å²) in [5, 5.41) is 0.265.